The average molecular weight is 310 g/mol. The quantitative estimate of drug-likeness (QED) is 0.581. The largest absolute Gasteiger partial charge is 0.290 e. The van der Waals surface area contributed by atoms with Crippen molar-refractivity contribution < 1.29 is 0 Å². The monoisotopic (exact) mass is 309 g/mol. The van der Waals surface area contributed by atoms with E-state index >= 15 is 0 Å². The minimum Gasteiger partial charge on any atom is -0.290 e. The molecule has 4 rings (SSSR count). The molecular weight excluding hydrogens is 298 g/mol. The summed E-state index contributed by atoms with van der Waals surface area (Å²) in [5.74, 6) is 0. The number of pyridine rings is 1. The molecule has 0 unspecified atom stereocenters. The third-order valence-corrected chi connectivity index (χ3v) is 3.98. The minimum atomic E-state index is -0.116. The van der Waals surface area contributed by atoms with E-state index in [4.69, 9.17) is 11.6 Å². The van der Waals surface area contributed by atoms with Gasteiger partial charge in [0.05, 0.1) is 22.1 Å². The Labute approximate surface area is 131 Å². The van der Waals surface area contributed by atoms with Gasteiger partial charge in [0, 0.05) is 16.6 Å². The molecule has 0 bridgehead atoms. The van der Waals surface area contributed by atoms with Crippen LogP contribution >= 0.6 is 11.6 Å². The summed E-state index contributed by atoms with van der Waals surface area (Å²) in [5.41, 5.74) is 3.33. The van der Waals surface area contributed by atoms with E-state index in [9.17, 15) is 4.79 Å². The molecule has 2 aromatic heterocycles. The molecule has 108 valence electrons. The lowest BCUT2D eigenvalue weighted by Gasteiger charge is -2.02. The number of nitrogens with one attached hydrogen (secondary N) is 1. The summed E-state index contributed by atoms with van der Waals surface area (Å²) in [6.45, 7) is 1.99. The highest BCUT2D eigenvalue weighted by Crippen LogP contribution is 2.24. The van der Waals surface area contributed by atoms with Gasteiger partial charge in [-0.05, 0) is 42.8 Å². The van der Waals surface area contributed by atoms with Gasteiger partial charge in [0.2, 0.25) is 0 Å². The maximum absolute atomic E-state index is 12.6. The molecule has 0 saturated heterocycles. The van der Waals surface area contributed by atoms with Crippen molar-refractivity contribution in [2.24, 2.45) is 0 Å². The lowest BCUT2D eigenvalue weighted by Crippen LogP contribution is -2.14. The first-order chi connectivity index (χ1) is 10.6. The molecule has 4 aromatic rings. The fraction of sp³-hybridized carbons (Fsp3) is 0.0588. The van der Waals surface area contributed by atoms with E-state index in [0.717, 1.165) is 27.7 Å². The number of hydrogen-bond acceptors (Lipinski definition) is 2. The van der Waals surface area contributed by atoms with Crippen LogP contribution < -0.4 is 5.56 Å². The van der Waals surface area contributed by atoms with Gasteiger partial charge in [-0.15, -0.1) is 0 Å². The van der Waals surface area contributed by atoms with Crippen molar-refractivity contribution in [3.63, 3.8) is 0 Å². The molecule has 1 N–H and O–H groups in total. The number of aryl methyl sites for hydroxylation is 1. The number of H-pyrrole nitrogens is 1. The van der Waals surface area contributed by atoms with Crippen LogP contribution in [-0.4, -0.2) is 14.8 Å². The van der Waals surface area contributed by atoms with Crippen molar-refractivity contribution in [3.8, 4) is 5.69 Å². The molecule has 2 heterocycles. The second-order valence-corrected chi connectivity index (χ2v) is 5.74. The first-order valence-electron chi connectivity index (χ1n) is 6.89. The number of hydrogen-bond donors (Lipinski definition) is 1. The summed E-state index contributed by atoms with van der Waals surface area (Å²) in [4.78, 5) is 17.0. The zero-order valence-corrected chi connectivity index (χ0v) is 12.6. The number of nitrogens with zero attached hydrogens (tertiary/aromatic N) is 2. The summed E-state index contributed by atoms with van der Waals surface area (Å²) >= 11 is 6.08. The maximum atomic E-state index is 12.6. The minimum absolute atomic E-state index is 0.116. The van der Waals surface area contributed by atoms with Crippen LogP contribution in [0.5, 0.6) is 0 Å². The molecule has 0 saturated carbocycles. The third-order valence-electron chi connectivity index (χ3n) is 3.75. The summed E-state index contributed by atoms with van der Waals surface area (Å²) in [6, 6.07) is 13.2. The third kappa shape index (κ3) is 1.92. The van der Waals surface area contributed by atoms with E-state index in [0.29, 0.717) is 10.4 Å². The number of benzene rings is 2. The fourth-order valence-electron chi connectivity index (χ4n) is 2.68. The highest BCUT2D eigenvalue weighted by atomic mass is 35.5. The van der Waals surface area contributed by atoms with E-state index in [1.54, 1.807) is 16.9 Å². The van der Waals surface area contributed by atoms with E-state index in [1.807, 2.05) is 43.3 Å². The summed E-state index contributed by atoms with van der Waals surface area (Å²) in [7, 11) is 0. The molecule has 22 heavy (non-hydrogen) atoms. The van der Waals surface area contributed by atoms with Gasteiger partial charge >= 0.3 is 0 Å². The van der Waals surface area contributed by atoms with Gasteiger partial charge in [0.25, 0.3) is 5.56 Å². The average Bonchev–Trinajstić information content (AvgIpc) is 2.85. The number of fused-ring (bicyclic) bond motifs is 3. The molecule has 0 fully saturated rings. The SMILES string of the molecule is Cc1cccc(-n2[nH]c3c(cnc4ccc(Cl)cc43)c2=O)c1. The Kier molecular flexibility index (Phi) is 2.81. The molecule has 0 radical (unpaired) electrons. The Morgan fingerprint density at radius 3 is 2.82 bits per heavy atom. The van der Waals surface area contributed by atoms with Crippen LogP contribution in [0.4, 0.5) is 0 Å². The van der Waals surface area contributed by atoms with Crippen LogP contribution in [0.1, 0.15) is 5.56 Å². The van der Waals surface area contributed by atoms with Gasteiger partial charge in [-0.1, -0.05) is 23.7 Å². The molecule has 0 aliphatic carbocycles. The van der Waals surface area contributed by atoms with E-state index in [1.165, 1.54) is 0 Å². The van der Waals surface area contributed by atoms with Crippen molar-refractivity contribution in [2.75, 3.05) is 0 Å². The number of aromatic nitrogens is 3. The Hall–Kier alpha value is -2.59. The van der Waals surface area contributed by atoms with E-state index < -0.39 is 0 Å². The van der Waals surface area contributed by atoms with Gasteiger partial charge < -0.3 is 0 Å². The Morgan fingerprint density at radius 1 is 1.14 bits per heavy atom. The molecule has 5 heteroatoms. The first kappa shape index (κ1) is 13.1. The highest BCUT2D eigenvalue weighted by Gasteiger charge is 2.12. The van der Waals surface area contributed by atoms with Crippen LogP contribution in [0, 0.1) is 6.92 Å². The predicted molar refractivity (Wildman–Crippen MR) is 88.9 cm³/mol. The molecule has 0 aliphatic heterocycles. The van der Waals surface area contributed by atoms with E-state index in [2.05, 4.69) is 10.1 Å². The van der Waals surface area contributed by atoms with Gasteiger partial charge in [0.1, 0.15) is 0 Å². The molecule has 0 amide bonds. The Bertz CT molecular complexity index is 1080. The summed E-state index contributed by atoms with van der Waals surface area (Å²) < 4.78 is 1.54. The van der Waals surface area contributed by atoms with Crippen molar-refractivity contribution in [1.29, 1.82) is 0 Å². The summed E-state index contributed by atoms with van der Waals surface area (Å²) in [6.07, 6.45) is 1.61. The number of halogens is 1. The molecule has 0 aliphatic rings. The molecular formula is C17H12ClN3O. The summed E-state index contributed by atoms with van der Waals surface area (Å²) in [5, 5.41) is 5.19. The van der Waals surface area contributed by atoms with Gasteiger partial charge in [-0.25, -0.2) is 4.68 Å². The molecule has 0 atom stereocenters. The second kappa shape index (κ2) is 4.71. The van der Waals surface area contributed by atoms with Gasteiger partial charge in [-0.2, -0.15) is 0 Å². The molecule has 0 spiro atoms. The van der Waals surface area contributed by atoms with Crippen molar-refractivity contribution in [3.05, 3.63) is 69.6 Å². The van der Waals surface area contributed by atoms with Crippen molar-refractivity contribution in [1.82, 2.24) is 14.8 Å². The van der Waals surface area contributed by atoms with Crippen LogP contribution in [0.25, 0.3) is 27.5 Å². The smallest absolute Gasteiger partial charge is 0.280 e. The van der Waals surface area contributed by atoms with Crippen molar-refractivity contribution >= 4 is 33.4 Å². The zero-order chi connectivity index (χ0) is 15.3. The predicted octanol–water partition coefficient (Wildman–Crippen LogP) is 3.83. The zero-order valence-electron chi connectivity index (χ0n) is 11.8. The van der Waals surface area contributed by atoms with Crippen LogP contribution in [-0.2, 0) is 0 Å². The maximum Gasteiger partial charge on any atom is 0.280 e. The Balaban J connectivity index is 2.10. The number of aromatic amines is 1. The molecule has 2 aromatic carbocycles. The normalized spacial score (nSPS) is 11.4. The second-order valence-electron chi connectivity index (χ2n) is 5.30. The Morgan fingerprint density at radius 2 is 2.00 bits per heavy atom. The standard InChI is InChI=1S/C17H12ClN3O/c1-10-3-2-4-12(7-10)21-17(22)14-9-19-15-6-5-11(18)8-13(15)16(14)20-21/h2-9,20H,1H3. The lowest BCUT2D eigenvalue weighted by molar-refractivity contribution is 0.863. The highest BCUT2D eigenvalue weighted by molar-refractivity contribution is 6.31. The van der Waals surface area contributed by atoms with Crippen LogP contribution in [0.15, 0.2) is 53.5 Å². The fourth-order valence-corrected chi connectivity index (χ4v) is 2.85. The van der Waals surface area contributed by atoms with Crippen LogP contribution in [0.3, 0.4) is 0 Å². The first-order valence-corrected chi connectivity index (χ1v) is 7.27. The van der Waals surface area contributed by atoms with Crippen molar-refractivity contribution in [2.45, 2.75) is 6.92 Å². The van der Waals surface area contributed by atoms with Crippen LogP contribution in [0.2, 0.25) is 5.02 Å². The van der Waals surface area contributed by atoms with Gasteiger partial charge in [-0.3, -0.25) is 14.9 Å². The van der Waals surface area contributed by atoms with E-state index in [-0.39, 0.29) is 5.56 Å². The lowest BCUT2D eigenvalue weighted by atomic mass is 10.2. The topological polar surface area (TPSA) is 50.7 Å². The number of rotatable bonds is 1. The van der Waals surface area contributed by atoms with Gasteiger partial charge in [0.15, 0.2) is 0 Å². The molecule has 4 nitrogen and oxygen atoms in total.